The second-order valence-electron chi connectivity index (χ2n) is 6.27. The summed E-state index contributed by atoms with van der Waals surface area (Å²) in [7, 11) is -4.12. The van der Waals surface area contributed by atoms with E-state index in [1.807, 2.05) is 0 Å². The van der Waals surface area contributed by atoms with Crippen molar-refractivity contribution >= 4 is 27.3 Å². The Morgan fingerprint density at radius 1 is 1.14 bits per heavy atom. The van der Waals surface area contributed by atoms with Crippen LogP contribution in [0.15, 0.2) is 65.8 Å². The predicted molar refractivity (Wildman–Crippen MR) is 104 cm³/mol. The summed E-state index contributed by atoms with van der Waals surface area (Å²) in [6.45, 7) is 3.37. The van der Waals surface area contributed by atoms with E-state index in [2.05, 4.69) is 15.1 Å². The van der Waals surface area contributed by atoms with E-state index in [0.29, 0.717) is 11.3 Å². The minimum Gasteiger partial charge on any atom is -0.324 e. The van der Waals surface area contributed by atoms with Gasteiger partial charge in [-0.25, -0.2) is 12.8 Å². The third-order valence-corrected chi connectivity index (χ3v) is 5.46. The van der Waals surface area contributed by atoms with Gasteiger partial charge in [-0.15, -0.1) is 0 Å². The van der Waals surface area contributed by atoms with Gasteiger partial charge in [0.15, 0.2) is 0 Å². The zero-order chi connectivity index (χ0) is 20.3. The monoisotopic (exact) mass is 402 g/mol. The molecule has 0 radical (unpaired) electrons. The Morgan fingerprint density at radius 3 is 2.61 bits per heavy atom. The van der Waals surface area contributed by atoms with Crippen LogP contribution in [0, 0.1) is 12.7 Å². The Labute approximate surface area is 162 Å². The van der Waals surface area contributed by atoms with Crippen molar-refractivity contribution in [2.45, 2.75) is 24.8 Å². The van der Waals surface area contributed by atoms with Crippen LogP contribution in [0.25, 0.3) is 0 Å². The average molecular weight is 402 g/mol. The first-order valence-electron chi connectivity index (χ1n) is 8.45. The van der Waals surface area contributed by atoms with E-state index < -0.39 is 26.8 Å². The average Bonchev–Trinajstić information content (AvgIpc) is 3.17. The van der Waals surface area contributed by atoms with Crippen molar-refractivity contribution in [2.24, 2.45) is 0 Å². The first-order chi connectivity index (χ1) is 13.3. The van der Waals surface area contributed by atoms with E-state index in [9.17, 15) is 17.6 Å². The van der Waals surface area contributed by atoms with E-state index in [1.54, 1.807) is 44.4 Å². The molecule has 0 saturated carbocycles. The van der Waals surface area contributed by atoms with Crippen LogP contribution in [0.1, 0.15) is 18.5 Å². The molecule has 0 aliphatic carbocycles. The lowest BCUT2D eigenvalue weighted by Gasteiger charge is -2.14. The summed E-state index contributed by atoms with van der Waals surface area (Å²) in [5.74, 6) is -1.15. The van der Waals surface area contributed by atoms with Crippen LogP contribution in [0.4, 0.5) is 15.8 Å². The number of amides is 1. The summed E-state index contributed by atoms with van der Waals surface area (Å²) >= 11 is 0. The van der Waals surface area contributed by atoms with Gasteiger partial charge in [-0.3, -0.25) is 14.2 Å². The van der Waals surface area contributed by atoms with E-state index >= 15 is 0 Å². The molecule has 0 spiro atoms. The van der Waals surface area contributed by atoms with Crippen molar-refractivity contribution in [1.29, 1.82) is 0 Å². The number of nitrogens with zero attached hydrogens (tertiary/aromatic N) is 2. The first kappa shape index (κ1) is 19.6. The molecular formula is C19H19FN4O3S. The minimum absolute atomic E-state index is 0.199. The van der Waals surface area contributed by atoms with Crippen molar-refractivity contribution in [3.63, 3.8) is 0 Å². The molecular weight excluding hydrogens is 383 g/mol. The molecule has 28 heavy (non-hydrogen) atoms. The molecule has 1 aromatic heterocycles. The quantitative estimate of drug-likeness (QED) is 0.661. The van der Waals surface area contributed by atoms with Crippen LogP contribution in [-0.4, -0.2) is 24.1 Å². The number of nitrogens with one attached hydrogen (secondary N) is 2. The summed E-state index contributed by atoms with van der Waals surface area (Å²) in [6, 6.07) is 11.2. The molecule has 1 heterocycles. The third kappa shape index (κ3) is 4.37. The number of aromatic nitrogens is 2. The zero-order valence-electron chi connectivity index (χ0n) is 15.3. The van der Waals surface area contributed by atoms with Crippen LogP contribution in [0.2, 0.25) is 0 Å². The van der Waals surface area contributed by atoms with Crippen LogP contribution in [0.5, 0.6) is 0 Å². The topological polar surface area (TPSA) is 93.1 Å². The van der Waals surface area contributed by atoms with Gasteiger partial charge in [-0.05, 0) is 55.8 Å². The van der Waals surface area contributed by atoms with Crippen LogP contribution in [-0.2, 0) is 14.8 Å². The number of rotatable bonds is 6. The van der Waals surface area contributed by atoms with E-state index in [1.165, 1.54) is 28.9 Å². The largest absolute Gasteiger partial charge is 0.324 e. The Balaban J connectivity index is 1.78. The number of hydrogen-bond acceptors (Lipinski definition) is 4. The minimum atomic E-state index is -4.12. The molecule has 0 aliphatic rings. The maximum absolute atomic E-state index is 14.0. The van der Waals surface area contributed by atoms with Crippen molar-refractivity contribution in [3.8, 4) is 0 Å². The maximum Gasteiger partial charge on any atom is 0.264 e. The fourth-order valence-electron chi connectivity index (χ4n) is 2.56. The van der Waals surface area contributed by atoms with Crippen LogP contribution >= 0.6 is 0 Å². The zero-order valence-corrected chi connectivity index (χ0v) is 16.1. The number of benzene rings is 2. The predicted octanol–water partition coefficient (Wildman–Crippen LogP) is 3.33. The number of aryl methyl sites for hydroxylation is 1. The van der Waals surface area contributed by atoms with Gasteiger partial charge in [0, 0.05) is 18.1 Å². The molecule has 1 atom stereocenters. The van der Waals surface area contributed by atoms with Gasteiger partial charge >= 0.3 is 0 Å². The molecule has 9 heteroatoms. The molecule has 0 aliphatic heterocycles. The lowest BCUT2D eigenvalue weighted by molar-refractivity contribution is -0.119. The van der Waals surface area contributed by atoms with Gasteiger partial charge < -0.3 is 5.32 Å². The van der Waals surface area contributed by atoms with Crippen molar-refractivity contribution < 1.29 is 17.6 Å². The van der Waals surface area contributed by atoms with Gasteiger partial charge in [-0.2, -0.15) is 5.10 Å². The molecule has 3 rings (SSSR count). The van der Waals surface area contributed by atoms with Gasteiger partial charge in [0.25, 0.3) is 10.0 Å². The molecule has 1 unspecified atom stereocenters. The lowest BCUT2D eigenvalue weighted by Crippen LogP contribution is -2.24. The Hall–Kier alpha value is -3.20. The summed E-state index contributed by atoms with van der Waals surface area (Å²) in [6.07, 6.45) is 3.24. The number of hydrogen-bond donors (Lipinski definition) is 2. The Bertz CT molecular complexity index is 1100. The molecule has 2 N–H and O–H groups in total. The fraction of sp³-hybridized carbons (Fsp3) is 0.158. The Kier molecular flexibility index (Phi) is 5.46. The van der Waals surface area contributed by atoms with Gasteiger partial charge in [0.05, 0.1) is 5.69 Å². The molecule has 0 bridgehead atoms. The summed E-state index contributed by atoms with van der Waals surface area (Å²) in [4.78, 5) is 11.9. The van der Waals surface area contributed by atoms with Gasteiger partial charge in [-0.1, -0.05) is 12.1 Å². The molecule has 1 amide bonds. The maximum atomic E-state index is 14.0. The summed E-state index contributed by atoms with van der Waals surface area (Å²) in [5.41, 5.74) is 1.22. The number of carbonyl (C=O) groups is 1. The van der Waals surface area contributed by atoms with E-state index in [-0.39, 0.29) is 11.6 Å². The normalized spacial score (nSPS) is 12.4. The van der Waals surface area contributed by atoms with Crippen molar-refractivity contribution in [2.75, 3.05) is 10.0 Å². The molecule has 7 nitrogen and oxygen atoms in total. The smallest absolute Gasteiger partial charge is 0.264 e. The lowest BCUT2D eigenvalue weighted by atomic mass is 10.2. The standard InChI is InChI=1S/C19H19FN4O3S/c1-13-7-8-17(20)18(11-13)28(26,27)23-16-6-3-5-15(12-16)22-19(25)14(2)24-10-4-9-21-24/h3-12,14,23H,1-2H3,(H,22,25). The van der Waals surface area contributed by atoms with Crippen LogP contribution in [0.3, 0.4) is 0 Å². The molecule has 0 saturated heterocycles. The molecule has 0 fully saturated rings. The molecule has 3 aromatic rings. The second kappa shape index (κ2) is 7.81. The first-order valence-corrected chi connectivity index (χ1v) is 9.93. The highest BCUT2D eigenvalue weighted by Crippen LogP contribution is 2.22. The highest BCUT2D eigenvalue weighted by molar-refractivity contribution is 7.92. The number of anilines is 2. The summed E-state index contributed by atoms with van der Waals surface area (Å²) < 4.78 is 42.8. The third-order valence-electron chi connectivity index (χ3n) is 4.06. The van der Waals surface area contributed by atoms with E-state index in [0.717, 1.165) is 6.07 Å². The highest BCUT2D eigenvalue weighted by Gasteiger charge is 2.20. The molecule has 146 valence electrons. The summed E-state index contributed by atoms with van der Waals surface area (Å²) in [5, 5.41) is 6.73. The van der Waals surface area contributed by atoms with Crippen molar-refractivity contribution in [1.82, 2.24) is 9.78 Å². The molecule has 2 aromatic carbocycles. The highest BCUT2D eigenvalue weighted by atomic mass is 32.2. The van der Waals surface area contributed by atoms with Crippen LogP contribution < -0.4 is 10.0 Å². The number of halogens is 1. The number of sulfonamides is 1. The van der Waals surface area contributed by atoms with E-state index in [4.69, 9.17) is 0 Å². The van der Waals surface area contributed by atoms with Gasteiger partial charge in [0.2, 0.25) is 5.91 Å². The SMILES string of the molecule is Cc1ccc(F)c(S(=O)(=O)Nc2cccc(NC(=O)C(C)n3cccn3)c2)c1. The Morgan fingerprint density at radius 2 is 1.89 bits per heavy atom. The fourth-order valence-corrected chi connectivity index (χ4v) is 3.78. The number of carbonyl (C=O) groups excluding carboxylic acids is 1. The van der Waals surface area contributed by atoms with Gasteiger partial charge in [0.1, 0.15) is 16.8 Å². The second-order valence-corrected chi connectivity index (χ2v) is 7.92. The van der Waals surface area contributed by atoms with Crippen molar-refractivity contribution in [3.05, 3.63) is 72.3 Å².